The first-order valence-electron chi connectivity index (χ1n) is 10.0. The Hall–Kier alpha value is -1.64. The molecule has 4 nitrogen and oxygen atoms in total. The third-order valence-electron chi connectivity index (χ3n) is 6.46. The van der Waals surface area contributed by atoms with E-state index in [1.807, 2.05) is 6.07 Å². The van der Waals surface area contributed by atoms with Crippen molar-refractivity contribution in [3.8, 4) is 6.07 Å². The number of nitrogens with zero attached hydrogens (tertiary/aromatic N) is 3. The highest BCUT2D eigenvalue weighted by molar-refractivity contribution is 5.51. The molecule has 0 bridgehead atoms. The minimum atomic E-state index is -0.290. The van der Waals surface area contributed by atoms with Gasteiger partial charge in [0.05, 0.1) is 23.9 Å². The topological polar surface area (TPSA) is 39.5 Å². The standard InChI is InChI=1S/C21H28FN3O/c22-19-13-17(14-23)7-8-20(19)24-11-4-9-21(15-24)10-12-25(26-16-21)18-5-2-1-3-6-18/h7-8,13,18H,1-6,9-12,15-16H2. The van der Waals surface area contributed by atoms with Gasteiger partial charge in [0.1, 0.15) is 5.82 Å². The van der Waals surface area contributed by atoms with Gasteiger partial charge in [-0.15, -0.1) is 0 Å². The molecule has 0 amide bonds. The Morgan fingerprint density at radius 3 is 2.65 bits per heavy atom. The third kappa shape index (κ3) is 3.58. The molecule has 4 rings (SSSR count). The second-order valence-electron chi connectivity index (χ2n) is 8.26. The first kappa shape index (κ1) is 17.8. The zero-order chi connectivity index (χ0) is 18.0. The second kappa shape index (κ2) is 7.54. The number of hydroxylamine groups is 2. The van der Waals surface area contributed by atoms with E-state index in [1.54, 1.807) is 12.1 Å². The highest BCUT2D eigenvalue weighted by Crippen LogP contribution is 2.40. The summed E-state index contributed by atoms with van der Waals surface area (Å²) in [4.78, 5) is 8.38. The number of piperidine rings is 1. The van der Waals surface area contributed by atoms with Crippen molar-refractivity contribution < 1.29 is 9.23 Å². The Bertz CT molecular complexity index is 672. The van der Waals surface area contributed by atoms with Gasteiger partial charge in [-0.2, -0.15) is 10.3 Å². The van der Waals surface area contributed by atoms with Crippen LogP contribution in [0.5, 0.6) is 0 Å². The fourth-order valence-corrected chi connectivity index (χ4v) is 4.93. The predicted octanol–water partition coefficient (Wildman–Crippen LogP) is 4.25. The van der Waals surface area contributed by atoms with Gasteiger partial charge in [-0.1, -0.05) is 19.3 Å². The molecule has 0 aromatic heterocycles. The Morgan fingerprint density at radius 2 is 1.96 bits per heavy atom. The van der Waals surface area contributed by atoms with Crippen molar-refractivity contribution in [2.45, 2.75) is 57.4 Å². The average molecular weight is 357 g/mol. The molecule has 1 saturated carbocycles. The van der Waals surface area contributed by atoms with E-state index in [4.69, 9.17) is 10.1 Å². The molecule has 1 aromatic rings. The van der Waals surface area contributed by atoms with Gasteiger partial charge < -0.3 is 4.90 Å². The van der Waals surface area contributed by atoms with Crippen molar-refractivity contribution >= 4 is 5.69 Å². The van der Waals surface area contributed by atoms with E-state index in [0.29, 0.717) is 17.3 Å². The Labute approximate surface area is 155 Å². The highest BCUT2D eigenvalue weighted by atomic mass is 19.1. The van der Waals surface area contributed by atoms with Crippen LogP contribution in [0, 0.1) is 22.6 Å². The molecule has 1 atom stereocenters. The molecular formula is C21H28FN3O. The van der Waals surface area contributed by atoms with Gasteiger partial charge >= 0.3 is 0 Å². The molecular weight excluding hydrogens is 329 g/mol. The van der Waals surface area contributed by atoms with Crippen LogP contribution in [0.15, 0.2) is 18.2 Å². The zero-order valence-corrected chi connectivity index (χ0v) is 15.4. The van der Waals surface area contributed by atoms with Crippen LogP contribution < -0.4 is 4.90 Å². The first-order valence-corrected chi connectivity index (χ1v) is 10.0. The van der Waals surface area contributed by atoms with E-state index in [-0.39, 0.29) is 11.2 Å². The molecule has 0 N–H and O–H groups in total. The number of halogens is 1. The minimum absolute atomic E-state index is 0.129. The van der Waals surface area contributed by atoms with Crippen LogP contribution in [0.25, 0.3) is 0 Å². The molecule has 3 fully saturated rings. The highest BCUT2D eigenvalue weighted by Gasteiger charge is 2.41. The molecule has 140 valence electrons. The lowest BCUT2D eigenvalue weighted by molar-refractivity contribution is -0.245. The van der Waals surface area contributed by atoms with Crippen LogP contribution in [0.4, 0.5) is 10.1 Å². The average Bonchev–Trinajstić information content (AvgIpc) is 2.69. The summed E-state index contributed by atoms with van der Waals surface area (Å²) in [5.41, 5.74) is 1.13. The van der Waals surface area contributed by atoms with Gasteiger partial charge in [-0.3, -0.25) is 4.84 Å². The van der Waals surface area contributed by atoms with Crippen molar-refractivity contribution in [3.05, 3.63) is 29.6 Å². The van der Waals surface area contributed by atoms with Crippen LogP contribution >= 0.6 is 0 Å². The molecule has 0 radical (unpaired) electrons. The predicted molar refractivity (Wildman–Crippen MR) is 99.1 cm³/mol. The number of benzene rings is 1. The van der Waals surface area contributed by atoms with Gasteiger partial charge in [0, 0.05) is 31.1 Å². The minimum Gasteiger partial charge on any atom is -0.369 e. The molecule has 1 aromatic carbocycles. The van der Waals surface area contributed by atoms with Gasteiger partial charge in [0.15, 0.2) is 0 Å². The summed E-state index contributed by atoms with van der Waals surface area (Å²) in [5.74, 6) is -0.290. The molecule has 1 unspecified atom stereocenters. The largest absolute Gasteiger partial charge is 0.369 e. The fraction of sp³-hybridized carbons (Fsp3) is 0.667. The van der Waals surface area contributed by atoms with Crippen LogP contribution in [-0.4, -0.2) is 37.3 Å². The van der Waals surface area contributed by atoms with Crippen LogP contribution in [0.2, 0.25) is 0 Å². The number of rotatable bonds is 2. The quantitative estimate of drug-likeness (QED) is 0.793. The molecule has 5 heteroatoms. The number of hydrogen-bond acceptors (Lipinski definition) is 4. The summed E-state index contributed by atoms with van der Waals surface area (Å²) in [5, 5.41) is 11.2. The van der Waals surface area contributed by atoms with Crippen molar-refractivity contribution in [2.24, 2.45) is 5.41 Å². The maximum Gasteiger partial charge on any atom is 0.147 e. The molecule has 3 aliphatic rings. The van der Waals surface area contributed by atoms with E-state index in [0.717, 1.165) is 45.5 Å². The molecule has 2 saturated heterocycles. The summed E-state index contributed by atoms with van der Waals surface area (Å²) in [7, 11) is 0. The van der Waals surface area contributed by atoms with Crippen molar-refractivity contribution in [1.82, 2.24) is 5.06 Å². The summed E-state index contributed by atoms with van der Waals surface area (Å²) in [6.45, 7) is 3.46. The summed E-state index contributed by atoms with van der Waals surface area (Å²) < 4.78 is 14.4. The number of anilines is 1. The maximum absolute atomic E-state index is 14.4. The molecule has 26 heavy (non-hydrogen) atoms. The van der Waals surface area contributed by atoms with Gasteiger partial charge in [-0.25, -0.2) is 4.39 Å². The zero-order valence-electron chi connectivity index (χ0n) is 15.4. The monoisotopic (exact) mass is 357 g/mol. The lowest BCUT2D eigenvalue weighted by atomic mass is 9.76. The summed E-state index contributed by atoms with van der Waals surface area (Å²) in [6.07, 6.45) is 9.86. The third-order valence-corrected chi connectivity index (χ3v) is 6.46. The molecule has 1 spiro atoms. The van der Waals surface area contributed by atoms with Crippen LogP contribution in [-0.2, 0) is 4.84 Å². The van der Waals surface area contributed by atoms with Gasteiger partial charge in [0.25, 0.3) is 0 Å². The second-order valence-corrected chi connectivity index (χ2v) is 8.26. The first-order chi connectivity index (χ1) is 12.7. The van der Waals surface area contributed by atoms with E-state index in [9.17, 15) is 4.39 Å². The lowest BCUT2D eigenvalue weighted by Crippen LogP contribution is -2.53. The lowest BCUT2D eigenvalue weighted by Gasteiger charge is -2.49. The number of nitriles is 1. The molecule has 2 aliphatic heterocycles. The van der Waals surface area contributed by atoms with E-state index >= 15 is 0 Å². The number of hydrogen-bond donors (Lipinski definition) is 0. The molecule has 2 heterocycles. The van der Waals surface area contributed by atoms with Crippen LogP contribution in [0.3, 0.4) is 0 Å². The van der Waals surface area contributed by atoms with E-state index in [2.05, 4.69) is 9.96 Å². The summed E-state index contributed by atoms with van der Waals surface area (Å²) >= 11 is 0. The Morgan fingerprint density at radius 1 is 1.12 bits per heavy atom. The van der Waals surface area contributed by atoms with E-state index in [1.165, 1.54) is 38.2 Å². The fourth-order valence-electron chi connectivity index (χ4n) is 4.93. The van der Waals surface area contributed by atoms with Crippen LogP contribution in [0.1, 0.15) is 56.9 Å². The van der Waals surface area contributed by atoms with Gasteiger partial charge in [0.2, 0.25) is 0 Å². The smallest absolute Gasteiger partial charge is 0.147 e. The normalized spacial score (nSPS) is 28.2. The van der Waals surface area contributed by atoms with Crippen molar-refractivity contribution in [1.29, 1.82) is 5.26 Å². The van der Waals surface area contributed by atoms with Gasteiger partial charge in [-0.05, 0) is 50.3 Å². The van der Waals surface area contributed by atoms with Crippen molar-refractivity contribution in [3.63, 3.8) is 0 Å². The Kier molecular flexibility index (Phi) is 5.15. The van der Waals surface area contributed by atoms with E-state index < -0.39 is 0 Å². The maximum atomic E-state index is 14.4. The summed E-state index contributed by atoms with van der Waals surface area (Å²) in [6, 6.07) is 7.41. The Balaban J connectivity index is 1.41. The molecule has 1 aliphatic carbocycles. The SMILES string of the molecule is N#Cc1ccc(N2CCCC3(CCN(C4CCCCC4)OC3)C2)c(F)c1. The van der Waals surface area contributed by atoms with Crippen molar-refractivity contribution in [2.75, 3.05) is 31.1 Å².